The number of aliphatic hydroxyl groups is 1. The van der Waals surface area contributed by atoms with Gasteiger partial charge in [-0.15, -0.1) is 5.10 Å². The fraction of sp³-hybridized carbons (Fsp3) is 0.667. The van der Waals surface area contributed by atoms with Crippen molar-refractivity contribution in [1.82, 2.24) is 14.5 Å². The van der Waals surface area contributed by atoms with Crippen LogP contribution in [0, 0.1) is 0 Å². The zero-order valence-corrected chi connectivity index (χ0v) is 9.11. The van der Waals surface area contributed by atoms with Crippen molar-refractivity contribution in [1.29, 1.82) is 0 Å². The first-order chi connectivity index (χ1) is 7.33. The third kappa shape index (κ3) is 2.15. The van der Waals surface area contributed by atoms with Crippen molar-refractivity contribution in [2.75, 3.05) is 13.2 Å². The van der Waals surface area contributed by atoms with Crippen molar-refractivity contribution in [3.8, 4) is 0 Å². The number of piperidine rings is 1. The van der Waals surface area contributed by atoms with Gasteiger partial charge in [0.15, 0.2) is 5.69 Å². The standard InChI is InChI=1S/C9H13N3O2S/c13-5-7-3-1-2-4-12(7)9(14)8-6-15-11-10-8/h6-7,13H,1-5H2. The molecule has 0 aromatic carbocycles. The second-order valence-electron chi connectivity index (χ2n) is 3.62. The summed E-state index contributed by atoms with van der Waals surface area (Å²) in [4.78, 5) is 13.7. The molecule has 82 valence electrons. The maximum Gasteiger partial charge on any atom is 0.275 e. The molecule has 1 aromatic rings. The molecule has 2 heterocycles. The summed E-state index contributed by atoms with van der Waals surface area (Å²) in [5.41, 5.74) is 0.389. The lowest BCUT2D eigenvalue weighted by Gasteiger charge is -2.33. The number of hydrogen-bond acceptors (Lipinski definition) is 5. The molecular formula is C9H13N3O2S. The van der Waals surface area contributed by atoms with Gasteiger partial charge in [0.25, 0.3) is 5.91 Å². The minimum absolute atomic E-state index is 0.0311. The average molecular weight is 227 g/mol. The second-order valence-corrected chi connectivity index (χ2v) is 4.23. The van der Waals surface area contributed by atoms with Crippen LogP contribution in [0.4, 0.5) is 0 Å². The van der Waals surface area contributed by atoms with Crippen LogP contribution in [-0.4, -0.2) is 44.7 Å². The molecule has 1 amide bonds. The van der Waals surface area contributed by atoms with Gasteiger partial charge in [-0.1, -0.05) is 4.49 Å². The van der Waals surface area contributed by atoms with Crippen LogP contribution >= 0.6 is 11.5 Å². The van der Waals surface area contributed by atoms with Crippen LogP contribution in [0.15, 0.2) is 5.38 Å². The lowest BCUT2D eigenvalue weighted by molar-refractivity contribution is 0.0497. The maximum absolute atomic E-state index is 11.9. The summed E-state index contributed by atoms with van der Waals surface area (Å²) in [5, 5.41) is 14.6. The van der Waals surface area contributed by atoms with Gasteiger partial charge in [0.2, 0.25) is 0 Å². The van der Waals surface area contributed by atoms with E-state index in [0.717, 1.165) is 19.3 Å². The predicted molar refractivity (Wildman–Crippen MR) is 55.7 cm³/mol. The van der Waals surface area contributed by atoms with E-state index in [0.29, 0.717) is 12.2 Å². The average Bonchev–Trinajstić information content (AvgIpc) is 2.81. The normalized spacial score (nSPS) is 21.7. The Bertz CT molecular complexity index is 328. The number of aliphatic hydroxyl groups excluding tert-OH is 1. The zero-order chi connectivity index (χ0) is 10.7. The molecule has 1 aromatic heterocycles. The Morgan fingerprint density at radius 2 is 2.53 bits per heavy atom. The minimum atomic E-state index is -0.109. The number of carbonyl (C=O) groups is 1. The van der Waals surface area contributed by atoms with Gasteiger partial charge in [0.05, 0.1) is 12.6 Å². The number of amides is 1. The van der Waals surface area contributed by atoms with Gasteiger partial charge < -0.3 is 10.0 Å². The number of likely N-dealkylation sites (tertiary alicyclic amines) is 1. The Balaban J connectivity index is 2.11. The maximum atomic E-state index is 11.9. The molecule has 0 saturated carbocycles. The molecule has 1 atom stereocenters. The Morgan fingerprint density at radius 3 is 3.20 bits per heavy atom. The molecule has 1 fully saturated rings. The molecule has 15 heavy (non-hydrogen) atoms. The van der Waals surface area contributed by atoms with Gasteiger partial charge in [0, 0.05) is 11.9 Å². The van der Waals surface area contributed by atoms with Crippen molar-refractivity contribution in [3.63, 3.8) is 0 Å². The first-order valence-corrected chi connectivity index (χ1v) is 5.85. The summed E-state index contributed by atoms with van der Waals surface area (Å²) >= 11 is 1.17. The van der Waals surface area contributed by atoms with E-state index in [9.17, 15) is 9.90 Å². The third-order valence-electron chi connectivity index (χ3n) is 2.68. The number of aromatic nitrogens is 2. The van der Waals surface area contributed by atoms with Crippen molar-refractivity contribution >= 4 is 17.4 Å². The summed E-state index contributed by atoms with van der Waals surface area (Å²) in [7, 11) is 0. The van der Waals surface area contributed by atoms with Gasteiger partial charge in [-0.05, 0) is 30.8 Å². The number of rotatable bonds is 2. The van der Waals surface area contributed by atoms with Gasteiger partial charge in [0.1, 0.15) is 0 Å². The van der Waals surface area contributed by atoms with E-state index in [1.54, 1.807) is 10.3 Å². The molecule has 0 radical (unpaired) electrons. The Kier molecular flexibility index (Phi) is 3.27. The first kappa shape index (κ1) is 10.5. The largest absolute Gasteiger partial charge is 0.394 e. The summed E-state index contributed by atoms with van der Waals surface area (Å²) < 4.78 is 3.67. The Hall–Kier alpha value is -1.01. The van der Waals surface area contributed by atoms with Gasteiger partial charge >= 0.3 is 0 Å². The number of nitrogens with zero attached hydrogens (tertiary/aromatic N) is 3. The quantitative estimate of drug-likeness (QED) is 0.800. The molecule has 1 N–H and O–H groups in total. The van der Waals surface area contributed by atoms with Crippen LogP contribution in [-0.2, 0) is 0 Å². The van der Waals surface area contributed by atoms with E-state index in [4.69, 9.17) is 0 Å². The lowest BCUT2D eigenvalue weighted by atomic mass is 10.0. The molecule has 5 nitrogen and oxygen atoms in total. The molecule has 6 heteroatoms. The molecule has 1 aliphatic heterocycles. The monoisotopic (exact) mass is 227 g/mol. The van der Waals surface area contributed by atoms with Gasteiger partial charge in [-0.3, -0.25) is 4.79 Å². The lowest BCUT2D eigenvalue weighted by Crippen LogP contribution is -2.45. The van der Waals surface area contributed by atoms with Crippen LogP contribution in [0.3, 0.4) is 0 Å². The van der Waals surface area contributed by atoms with Crippen LogP contribution in [0.25, 0.3) is 0 Å². The van der Waals surface area contributed by atoms with Crippen LogP contribution < -0.4 is 0 Å². The van der Waals surface area contributed by atoms with E-state index in [1.165, 1.54) is 11.5 Å². The van der Waals surface area contributed by atoms with Crippen LogP contribution in [0.5, 0.6) is 0 Å². The highest BCUT2D eigenvalue weighted by Crippen LogP contribution is 2.18. The van der Waals surface area contributed by atoms with Crippen molar-refractivity contribution in [2.24, 2.45) is 0 Å². The van der Waals surface area contributed by atoms with Crippen molar-refractivity contribution < 1.29 is 9.90 Å². The zero-order valence-electron chi connectivity index (χ0n) is 8.30. The molecule has 1 aliphatic rings. The summed E-state index contributed by atoms with van der Waals surface area (Å²) in [6, 6.07) is -0.0482. The smallest absolute Gasteiger partial charge is 0.275 e. The van der Waals surface area contributed by atoms with Gasteiger partial charge in [-0.2, -0.15) is 0 Å². The molecule has 0 spiro atoms. The summed E-state index contributed by atoms with van der Waals surface area (Å²) in [6.45, 7) is 0.741. The van der Waals surface area contributed by atoms with Crippen LogP contribution in [0.2, 0.25) is 0 Å². The third-order valence-corrected chi connectivity index (χ3v) is 3.18. The van der Waals surface area contributed by atoms with Crippen molar-refractivity contribution in [2.45, 2.75) is 25.3 Å². The fourth-order valence-corrected chi connectivity index (χ4v) is 2.29. The predicted octanol–water partition coefficient (Wildman–Crippen LogP) is 0.525. The molecule has 1 saturated heterocycles. The highest BCUT2D eigenvalue weighted by atomic mass is 32.1. The molecule has 1 unspecified atom stereocenters. The first-order valence-electron chi connectivity index (χ1n) is 5.02. The highest BCUT2D eigenvalue weighted by molar-refractivity contribution is 7.03. The highest BCUT2D eigenvalue weighted by Gasteiger charge is 2.27. The van der Waals surface area contributed by atoms with Crippen molar-refractivity contribution in [3.05, 3.63) is 11.1 Å². The molecular weight excluding hydrogens is 214 g/mol. The SMILES string of the molecule is O=C(c1csnn1)N1CCCCC1CO. The summed E-state index contributed by atoms with van der Waals surface area (Å²) in [6.07, 6.45) is 2.95. The topological polar surface area (TPSA) is 66.3 Å². The molecule has 2 rings (SSSR count). The molecule has 0 aliphatic carbocycles. The van der Waals surface area contributed by atoms with E-state index in [-0.39, 0.29) is 18.6 Å². The fourth-order valence-electron chi connectivity index (χ4n) is 1.86. The summed E-state index contributed by atoms with van der Waals surface area (Å²) in [5.74, 6) is -0.109. The van der Waals surface area contributed by atoms with E-state index < -0.39 is 0 Å². The van der Waals surface area contributed by atoms with E-state index >= 15 is 0 Å². The second kappa shape index (κ2) is 4.67. The number of hydrogen-bond donors (Lipinski definition) is 1. The van der Waals surface area contributed by atoms with Crippen LogP contribution in [0.1, 0.15) is 29.8 Å². The van der Waals surface area contributed by atoms with Gasteiger partial charge in [-0.25, -0.2) is 0 Å². The minimum Gasteiger partial charge on any atom is -0.394 e. The Labute approximate surface area is 91.9 Å². The van der Waals surface area contributed by atoms with E-state index in [1.807, 2.05) is 0 Å². The molecule has 0 bridgehead atoms. The Morgan fingerprint density at radius 1 is 1.67 bits per heavy atom. The number of carbonyl (C=O) groups excluding carboxylic acids is 1. The van der Waals surface area contributed by atoms with E-state index in [2.05, 4.69) is 9.59 Å².